The molecule has 1 atom stereocenters. The molecule has 26 heavy (non-hydrogen) atoms. The third-order valence-electron chi connectivity index (χ3n) is 5.00. The van der Waals surface area contributed by atoms with Gasteiger partial charge in [-0.15, -0.1) is 0 Å². The van der Waals surface area contributed by atoms with E-state index in [0.717, 1.165) is 5.56 Å². The molecule has 0 saturated carbocycles. The van der Waals surface area contributed by atoms with E-state index in [1.165, 1.54) is 6.92 Å². The maximum absolute atomic E-state index is 12.2. The molecule has 2 aliphatic heterocycles. The molecular weight excluding hydrogens is 334 g/mol. The smallest absolute Gasteiger partial charge is 0.410 e. The SMILES string of the molecule is CC(=O)c1ccc2c(c1)OC1(CCN(C(=O)OC(C)(C)C)CC1)CC2O. The molecule has 1 N–H and O–H groups in total. The summed E-state index contributed by atoms with van der Waals surface area (Å²) in [5.41, 5.74) is 0.251. The summed E-state index contributed by atoms with van der Waals surface area (Å²) in [6, 6.07) is 5.19. The molecule has 6 heteroatoms. The zero-order chi connectivity index (χ0) is 19.1. The van der Waals surface area contributed by atoms with E-state index in [2.05, 4.69) is 0 Å². The molecule has 0 aliphatic carbocycles. The van der Waals surface area contributed by atoms with E-state index in [4.69, 9.17) is 9.47 Å². The Morgan fingerprint density at radius 2 is 1.92 bits per heavy atom. The van der Waals surface area contributed by atoms with E-state index in [9.17, 15) is 14.7 Å². The molecule has 1 amide bonds. The molecule has 1 fully saturated rings. The van der Waals surface area contributed by atoms with Gasteiger partial charge in [-0.3, -0.25) is 4.79 Å². The number of aliphatic hydroxyl groups is 1. The number of hydrogen-bond donors (Lipinski definition) is 1. The molecule has 1 aromatic carbocycles. The number of Topliss-reactive ketones (excluding diaryl/α,β-unsaturated/α-hetero) is 1. The molecule has 142 valence electrons. The van der Waals surface area contributed by atoms with Crippen LogP contribution < -0.4 is 4.74 Å². The second-order valence-electron chi connectivity index (χ2n) is 8.28. The Hall–Kier alpha value is -2.08. The van der Waals surface area contributed by atoms with Gasteiger partial charge in [0.15, 0.2) is 5.78 Å². The molecule has 1 aromatic rings. The van der Waals surface area contributed by atoms with E-state index in [-0.39, 0.29) is 11.9 Å². The lowest BCUT2D eigenvalue weighted by Gasteiger charge is -2.45. The lowest BCUT2D eigenvalue weighted by atomic mass is 9.81. The summed E-state index contributed by atoms with van der Waals surface area (Å²) >= 11 is 0. The maximum atomic E-state index is 12.2. The summed E-state index contributed by atoms with van der Waals surface area (Å²) in [4.78, 5) is 25.6. The minimum Gasteiger partial charge on any atom is -0.487 e. The zero-order valence-electron chi connectivity index (χ0n) is 15.9. The fourth-order valence-corrected chi connectivity index (χ4v) is 3.58. The number of ether oxygens (including phenoxy) is 2. The van der Waals surface area contributed by atoms with Crippen LogP contribution in [0, 0.1) is 0 Å². The van der Waals surface area contributed by atoms with Crippen LogP contribution in [0.25, 0.3) is 0 Å². The fourth-order valence-electron chi connectivity index (χ4n) is 3.58. The lowest BCUT2D eigenvalue weighted by molar-refractivity contribution is -0.0569. The van der Waals surface area contributed by atoms with Crippen molar-refractivity contribution in [2.45, 2.75) is 64.3 Å². The van der Waals surface area contributed by atoms with Crippen LogP contribution in [0.3, 0.4) is 0 Å². The number of amides is 1. The minimum absolute atomic E-state index is 0.0368. The monoisotopic (exact) mass is 361 g/mol. The molecule has 1 saturated heterocycles. The number of hydrogen-bond acceptors (Lipinski definition) is 5. The Balaban J connectivity index is 1.72. The summed E-state index contributed by atoms with van der Waals surface area (Å²) < 4.78 is 11.7. The number of nitrogens with zero attached hydrogens (tertiary/aromatic N) is 1. The van der Waals surface area contributed by atoms with E-state index < -0.39 is 17.3 Å². The molecule has 2 aliphatic rings. The standard InChI is InChI=1S/C20H27NO5/c1-13(22)14-5-6-15-16(23)12-20(25-17(15)11-14)7-9-21(10-8-20)18(24)26-19(2,3)4/h5-6,11,16,23H,7-10,12H2,1-4H3. The van der Waals surface area contributed by atoms with Gasteiger partial charge in [-0.05, 0) is 33.8 Å². The molecule has 2 heterocycles. The van der Waals surface area contributed by atoms with Crippen LogP contribution in [0.2, 0.25) is 0 Å². The first-order valence-electron chi connectivity index (χ1n) is 9.08. The summed E-state index contributed by atoms with van der Waals surface area (Å²) in [5.74, 6) is 0.535. The van der Waals surface area contributed by atoms with Gasteiger partial charge in [0.2, 0.25) is 0 Å². The maximum Gasteiger partial charge on any atom is 0.410 e. The fraction of sp³-hybridized carbons (Fsp3) is 0.600. The van der Waals surface area contributed by atoms with Gasteiger partial charge in [0.05, 0.1) is 6.10 Å². The minimum atomic E-state index is -0.632. The zero-order valence-corrected chi connectivity index (χ0v) is 15.9. The van der Waals surface area contributed by atoms with Crippen LogP contribution in [0.5, 0.6) is 5.75 Å². The lowest BCUT2D eigenvalue weighted by Crippen LogP contribution is -2.52. The van der Waals surface area contributed by atoms with Gasteiger partial charge in [0.25, 0.3) is 0 Å². The van der Waals surface area contributed by atoms with Crippen molar-refractivity contribution in [1.82, 2.24) is 4.90 Å². The van der Waals surface area contributed by atoms with Gasteiger partial charge in [-0.2, -0.15) is 0 Å². The van der Waals surface area contributed by atoms with E-state index in [1.54, 1.807) is 23.1 Å². The molecule has 1 unspecified atom stereocenters. The molecule has 6 nitrogen and oxygen atoms in total. The van der Waals surface area contributed by atoms with Gasteiger partial charge in [0, 0.05) is 43.5 Å². The van der Waals surface area contributed by atoms with E-state index >= 15 is 0 Å². The largest absolute Gasteiger partial charge is 0.487 e. The highest BCUT2D eigenvalue weighted by Gasteiger charge is 2.44. The second kappa shape index (κ2) is 6.58. The van der Waals surface area contributed by atoms with E-state index in [0.29, 0.717) is 43.7 Å². The summed E-state index contributed by atoms with van der Waals surface area (Å²) in [5, 5.41) is 10.6. The van der Waals surface area contributed by atoms with Crippen LogP contribution in [0.4, 0.5) is 4.79 Å². The van der Waals surface area contributed by atoms with Gasteiger partial charge < -0.3 is 19.5 Å². The van der Waals surface area contributed by atoms with Crippen LogP contribution in [-0.4, -0.2) is 46.2 Å². The number of aliphatic hydroxyl groups excluding tert-OH is 1. The van der Waals surface area contributed by atoms with E-state index in [1.807, 2.05) is 20.8 Å². The average Bonchev–Trinajstić information content (AvgIpc) is 2.53. The van der Waals surface area contributed by atoms with Crippen molar-refractivity contribution < 1.29 is 24.2 Å². The molecule has 1 spiro atoms. The summed E-state index contributed by atoms with van der Waals surface area (Å²) in [7, 11) is 0. The normalized spacial score (nSPS) is 21.7. The van der Waals surface area contributed by atoms with Crippen molar-refractivity contribution in [3.63, 3.8) is 0 Å². The highest BCUT2D eigenvalue weighted by atomic mass is 16.6. The third-order valence-corrected chi connectivity index (χ3v) is 5.00. The van der Waals surface area contributed by atoms with Crippen molar-refractivity contribution in [3.05, 3.63) is 29.3 Å². The number of benzene rings is 1. The topological polar surface area (TPSA) is 76.1 Å². The first kappa shape index (κ1) is 18.7. The van der Waals surface area contributed by atoms with Crippen LogP contribution >= 0.6 is 0 Å². The third kappa shape index (κ3) is 3.85. The van der Waals surface area contributed by atoms with Crippen molar-refractivity contribution in [3.8, 4) is 5.75 Å². The average molecular weight is 361 g/mol. The molecular formula is C20H27NO5. The number of carbonyl (C=O) groups excluding carboxylic acids is 2. The Labute approximate surface area is 154 Å². The van der Waals surface area contributed by atoms with Crippen LogP contribution in [-0.2, 0) is 4.74 Å². The van der Waals surface area contributed by atoms with Crippen molar-refractivity contribution in [2.24, 2.45) is 0 Å². The van der Waals surface area contributed by atoms with Crippen molar-refractivity contribution in [1.29, 1.82) is 0 Å². The summed E-state index contributed by atoms with van der Waals surface area (Å²) in [6.07, 6.45) is 0.776. The Kier molecular flexibility index (Phi) is 4.73. The number of fused-ring (bicyclic) bond motifs is 1. The predicted molar refractivity (Wildman–Crippen MR) is 96.4 cm³/mol. The number of carbonyl (C=O) groups is 2. The number of ketones is 1. The molecule has 3 rings (SSSR count). The Bertz CT molecular complexity index is 713. The number of likely N-dealkylation sites (tertiary alicyclic amines) is 1. The Morgan fingerprint density at radius 3 is 2.50 bits per heavy atom. The van der Waals surface area contributed by atoms with Gasteiger partial charge in [0.1, 0.15) is 17.0 Å². The highest BCUT2D eigenvalue weighted by molar-refractivity contribution is 5.94. The highest BCUT2D eigenvalue weighted by Crippen LogP contribution is 2.44. The summed E-state index contributed by atoms with van der Waals surface area (Å²) in [6.45, 7) is 8.09. The molecule has 0 bridgehead atoms. The predicted octanol–water partition coefficient (Wildman–Crippen LogP) is 3.47. The van der Waals surface area contributed by atoms with Gasteiger partial charge in [-0.25, -0.2) is 4.79 Å². The first-order chi connectivity index (χ1) is 12.1. The quantitative estimate of drug-likeness (QED) is 0.775. The van der Waals surface area contributed by atoms with Crippen molar-refractivity contribution in [2.75, 3.05) is 13.1 Å². The van der Waals surface area contributed by atoms with Crippen LogP contribution in [0.1, 0.15) is 69.0 Å². The number of rotatable bonds is 1. The molecule has 0 radical (unpaired) electrons. The van der Waals surface area contributed by atoms with Crippen molar-refractivity contribution >= 4 is 11.9 Å². The van der Waals surface area contributed by atoms with Gasteiger partial charge >= 0.3 is 6.09 Å². The first-order valence-corrected chi connectivity index (χ1v) is 9.08. The van der Waals surface area contributed by atoms with Gasteiger partial charge in [-0.1, -0.05) is 12.1 Å². The molecule has 0 aromatic heterocycles. The second-order valence-corrected chi connectivity index (χ2v) is 8.28. The number of piperidine rings is 1. The Morgan fingerprint density at radius 1 is 1.27 bits per heavy atom. The van der Waals surface area contributed by atoms with Crippen LogP contribution in [0.15, 0.2) is 18.2 Å².